The van der Waals surface area contributed by atoms with Gasteiger partial charge < -0.3 is 15.8 Å². The van der Waals surface area contributed by atoms with Gasteiger partial charge in [-0.3, -0.25) is 4.79 Å². The second kappa shape index (κ2) is 7.50. The molecule has 1 rings (SSSR count). The molecule has 1 aromatic rings. The Labute approximate surface area is 122 Å². The van der Waals surface area contributed by atoms with Crippen molar-refractivity contribution in [3.8, 4) is 5.75 Å². The van der Waals surface area contributed by atoms with E-state index in [0.717, 1.165) is 16.6 Å². The molecule has 0 saturated heterocycles. The predicted octanol–water partition coefficient (Wildman–Crippen LogP) is 2.59. The third-order valence-corrected chi connectivity index (χ3v) is 3.46. The Morgan fingerprint density at radius 3 is 2.68 bits per heavy atom. The molecule has 1 atom stereocenters. The van der Waals surface area contributed by atoms with Crippen LogP contribution in [-0.4, -0.2) is 18.1 Å². The van der Waals surface area contributed by atoms with Crippen LogP contribution >= 0.6 is 15.9 Å². The van der Waals surface area contributed by atoms with Crippen molar-refractivity contribution in [1.29, 1.82) is 0 Å². The number of hydrogen-bond acceptors (Lipinski definition) is 3. The van der Waals surface area contributed by atoms with Gasteiger partial charge in [0.1, 0.15) is 5.75 Å². The number of nitrogens with one attached hydrogen (secondary N) is 1. The first-order chi connectivity index (χ1) is 8.93. The fourth-order valence-corrected chi connectivity index (χ4v) is 1.97. The molecular weight excluding hydrogens is 308 g/mol. The van der Waals surface area contributed by atoms with Crippen LogP contribution in [0.25, 0.3) is 0 Å². The minimum atomic E-state index is -0.577. The Hall–Kier alpha value is -1.07. The molecule has 19 heavy (non-hydrogen) atoms. The monoisotopic (exact) mass is 328 g/mol. The van der Waals surface area contributed by atoms with Crippen LogP contribution in [0, 0.1) is 0 Å². The third kappa shape index (κ3) is 5.20. The fraction of sp³-hybridized carbons (Fsp3) is 0.500. The maximum absolute atomic E-state index is 11.2. The van der Waals surface area contributed by atoms with Crippen LogP contribution in [-0.2, 0) is 11.3 Å². The molecule has 0 aromatic heterocycles. The summed E-state index contributed by atoms with van der Waals surface area (Å²) < 4.78 is 6.62. The van der Waals surface area contributed by atoms with Gasteiger partial charge in [0.05, 0.1) is 0 Å². The van der Waals surface area contributed by atoms with Crippen molar-refractivity contribution in [1.82, 2.24) is 5.32 Å². The van der Waals surface area contributed by atoms with E-state index in [1.807, 2.05) is 25.1 Å². The molecule has 1 amide bonds. The second-order valence-corrected chi connectivity index (χ2v) is 5.56. The van der Waals surface area contributed by atoms with Crippen LogP contribution < -0.4 is 15.8 Å². The molecule has 3 N–H and O–H groups in total. The van der Waals surface area contributed by atoms with Crippen LogP contribution in [0.1, 0.15) is 32.8 Å². The number of primary amides is 1. The predicted molar refractivity (Wildman–Crippen MR) is 80.0 cm³/mol. The summed E-state index contributed by atoms with van der Waals surface area (Å²) in [4.78, 5) is 11.2. The maximum atomic E-state index is 11.2. The molecule has 0 fully saturated rings. The highest BCUT2D eigenvalue weighted by atomic mass is 79.9. The Morgan fingerprint density at radius 2 is 2.16 bits per heavy atom. The summed E-state index contributed by atoms with van der Waals surface area (Å²) >= 11 is 3.51. The molecule has 0 aliphatic heterocycles. The standard InChI is InChI=1S/C14H21BrN2O2/c1-4-13(14(16)18)19-11-5-6-12(15)10(7-11)8-17-9(2)3/h5-7,9,13,17H,4,8H2,1-3H3,(H2,16,18). The van der Waals surface area contributed by atoms with Gasteiger partial charge in [0, 0.05) is 17.1 Å². The largest absolute Gasteiger partial charge is 0.481 e. The first-order valence-corrected chi connectivity index (χ1v) is 7.21. The lowest BCUT2D eigenvalue weighted by molar-refractivity contribution is -0.124. The van der Waals surface area contributed by atoms with Crippen molar-refractivity contribution in [3.05, 3.63) is 28.2 Å². The van der Waals surface area contributed by atoms with Gasteiger partial charge in [-0.05, 0) is 30.2 Å². The average Bonchev–Trinajstić information content (AvgIpc) is 2.35. The van der Waals surface area contributed by atoms with Crippen LogP contribution in [0.5, 0.6) is 5.75 Å². The molecule has 5 heteroatoms. The van der Waals surface area contributed by atoms with Crippen molar-refractivity contribution >= 4 is 21.8 Å². The molecule has 0 bridgehead atoms. The highest BCUT2D eigenvalue weighted by Gasteiger charge is 2.15. The van der Waals surface area contributed by atoms with E-state index < -0.39 is 12.0 Å². The molecule has 4 nitrogen and oxygen atoms in total. The Morgan fingerprint density at radius 1 is 1.47 bits per heavy atom. The SMILES string of the molecule is CCC(Oc1ccc(Br)c(CNC(C)C)c1)C(N)=O. The van der Waals surface area contributed by atoms with Gasteiger partial charge in [0.15, 0.2) is 6.10 Å². The van der Waals surface area contributed by atoms with Gasteiger partial charge in [0.25, 0.3) is 5.91 Å². The lowest BCUT2D eigenvalue weighted by atomic mass is 10.2. The summed E-state index contributed by atoms with van der Waals surface area (Å²) in [6, 6.07) is 6.07. The van der Waals surface area contributed by atoms with E-state index in [2.05, 4.69) is 35.1 Å². The molecule has 106 valence electrons. The van der Waals surface area contributed by atoms with Crippen molar-refractivity contribution in [3.63, 3.8) is 0 Å². The van der Waals surface area contributed by atoms with E-state index in [-0.39, 0.29) is 0 Å². The molecule has 0 spiro atoms. The Balaban J connectivity index is 2.80. The van der Waals surface area contributed by atoms with E-state index >= 15 is 0 Å². The third-order valence-electron chi connectivity index (χ3n) is 2.68. The highest BCUT2D eigenvalue weighted by Crippen LogP contribution is 2.23. The lowest BCUT2D eigenvalue weighted by Crippen LogP contribution is -2.33. The zero-order chi connectivity index (χ0) is 14.4. The summed E-state index contributed by atoms with van der Waals surface area (Å²) in [7, 11) is 0. The number of carbonyl (C=O) groups is 1. The van der Waals surface area contributed by atoms with Crippen LogP contribution in [0.2, 0.25) is 0 Å². The zero-order valence-corrected chi connectivity index (χ0v) is 13.2. The summed E-state index contributed by atoms with van der Waals surface area (Å²) in [6.07, 6.45) is -0.0163. The van der Waals surface area contributed by atoms with Crippen molar-refractivity contribution in [2.24, 2.45) is 5.73 Å². The zero-order valence-electron chi connectivity index (χ0n) is 11.6. The van der Waals surface area contributed by atoms with E-state index in [0.29, 0.717) is 18.2 Å². The van der Waals surface area contributed by atoms with Crippen LogP contribution in [0.3, 0.4) is 0 Å². The Kier molecular flexibility index (Phi) is 6.31. The van der Waals surface area contributed by atoms with E-state index in [1.54, 1.807) is 0 Å². The van der Waals surface area contributed by atoms with Gasteiger partial charge in [-0.25, -0.2) is 0 Å². The first kappa shape index (κ1) is 16.0. The topological polar surface area (TPSA) is 64.3 Å². The summed E-state index contributed by atoms with van der Waals surface area (Å²) in [5.74, 6) is 0.224. The number of rotatable bonds is 7. The number of halogens is 1. The van der Waals surface area contributed by atoms with Gasteiger partial charge in [-0.15, -0.1) is 0 Å². The van der Waals surface area contributed by atoms with Crippen molar-refractivity contribution < 1.29 is 9.53 Å². The molecule has 0 saturated carbocycles. The summed E-state index contributed by atoms with van der Waals surface area (Å²) in [5.41, 5.74) is 6.36. The smallest absolute Gasteiger partial charge is 0.258 e. The molecule has 0 aliphatic rings. The minimum absolute atomic E-state index is 0.408. The number of amides is 1. The van der Waals surface area contributed by atoms with Crippen molar-refractivity contribution in [2.75, 3.05) is 0 Å². The number of benzene rings is 1. The maximum Gasteiger partial charge on any atom is 0.258 e. The Bertz CT molecular complexity index is 435. The number of ether oxygens (including phenoxy) is 1. The normalized spacial score (nSPS) is 12.5. The molecule has 1 unspecified atom stereocenters. The number of carbonyl (C=O) groups excluding carboxylic acids is 1. The van der Waals surface area contributed by atoms with Gasteiger partial charge in [-0.2, -0.15) is 0 Å². The minimum Gasteiger partial charge on any atom is -0.481 e. The summed E-state index contributed by atoms with van der Waals surface area (Å²) in [5, 5.41) is 3.34. The van der Waals surface area contributed by atoms with Crippen molar-refractivity contribution in [2.45, 2.75) is 45.9 Å². The summed E-state index contributed by atoms with van der Waals surface area (Å²) in [6.45, 7) is 6.79. The number of nitrogens with two attached hydrogens (primary N) is 1. The molecule has 0 radical (unpaired) electrons. The fourth-order valence-electron chi connectivity index (χ4n) is 1.58. The van der Waals surface area contributed by atoms with Crippen LogP contribution in [0.15, 0.2) is 22.7 Å². The quantitative estimate of drug-likeness (QED) is 0.808. The molecule has 1 aromatic carbocycles. The van der Waals surface area contributed by atoms with E-state index in [1.165, 1.54) is 0 Å². The lowest BCUT2D eigenvalue weighted by Gasteiger charge is -2.16. The molecule has 0 heterocycles. The van der Waals surface area contributed by atoms with Gasteiger partial charge in [-0.1, -0.05) is 36.7 Å². The van der Waals surface area contributed by atoms with Crippen LogP contribution in [0.4, 0.5) is 0 Å². The second-order valence-electron chi connectivity index (χ2n) is 4.71. The van der Waals surface area contributed by atoms with Gasteiger partial charge >= 0.3 is 0 Å². The van der Waals surface area contributed by atoms with E-state index in [4.69, 9.17) is 10.5 Å². The molecular formula is C14H21BrN2O2. The van der Waals surface area contributed by atoms with Gasteiger partial charge in [0.2, 0.25) is 0 Å². The highest BCUT2D eigenvalue weighted by molar-refractivity contribution is 9.10. The first-order valence-electron chi connectivity index (χ1n) is 6.41. The average molecular weight is 329 g/mol. The van der Waals surface area contributed by atoms with E-state index in [9.17, 15) is 4.79 Å². The molecule has 0 aliphatic carbocycles. The number of hydrogen-bond donors (Lipinski definition) is 2.